The lowest BCUT2D eigenvalue weighted by atomic mass is 10.2. The molecule has 0 saturated carbocycles. The Hall–Kier alpha value is -1.20. The Kier molecular flexibility index (Phi) is 5.14. The number of benzene rings is 1. The molecule has 1 amide bonds. The minimum absolute atomic E-state index is 0.127. The van der Waals surface area contributed by atoms with Gasteiger partial charge in [-0.05, 0) is 36.8 Å². The molecule has 0 saturated heterocycles. The maximum absolute atomic E-state index is 10.9. The van der Waals surface area contributed by atoms with Crippen LogP contribution in [-0.2, 0) is 4.79 Å². The van der Waals surface area contributed by atoms with Crippen LogP contribution in [0.25, 0.3) is 0 Å². The Morgan fingerprint density at radius 3 is 2.94 bits per heavy atom. The van der Waals surface area contributed by atoms with Crippen molar-refractivity contribution in [1.29, 1.82) is 0 Å². The second kappa shape index (κ2) is 6.40. The van der Waals surface area contributed by atoms with Gasteiger partial charge in [-0.3, -0.25) is 10.2 Å². The van der Waals surface area contributed by atoms with E-state index >= 15 is 0 Å². The van der Waals surface area contributed by atoms with E-state index in [0.29, 0.717) is 6.42 Å². The van der Waals surface area contributed by atoms with Crippen LogP contribution in [0.5, 0.6) is 0 Å². The van der Waals surface area contributed by atoms with Gasteiger partial charge in [0.15, 0.2) is 0 Å². The van der Waals surface area contributed by atoms with Gasteiger partial charge in [-0.2, -0.15) is 0 Å². The summed E-state index contributed by atoms with van der Waals surface area (Å²) in [4.78, 5) is 12.0. The molecule has 1 aromatic rings. The molecule has 0 aliphatic heterocycles. The predicted octanol–water partition coefficient (Wildman–Crippen LogP) is 1.44. The minimum Gasteiger partial charge on any atom is -0.398 e. The van der Waals surface area contributed by atoms with Crippen molar-refractivity contribution in [1.82, 2.24) is 5.43 Å². The highest BCUT2D eigenvalue weighted by Gasteiger charge is 2.02. The molecule has 0 bridgehead atoms. The third kappa shape index (κ3) is 4.12. The predicted molar refractivity (Wildman–Crippen MR) is 67.9 cm³/mol. The lowest BCUT2D eigenvalue weighted by Crippen LogP contribution is -2.29. The van der Waals surface area contributed by atoms with Gasteiger partial charge in [-0.1, -0.05) is 6.07 Å². The monoisotopic (exact) mass is 239 g/mol. The third-order valence-electron chi connectivity index (χ3n) is 2.14. The molecule has 16 heavy (non-hydrogen) atoms. The average Bonchev–Trinajstić information content (AvgIpc) is 2.28. The van der Waals surface area contributed by atoms with Gasteiger partial charge in [0, 0.05) is 17.0 Å². The summed E-state index contributed by atoms with van der Waals surface area (Å²) >= 11 is 1.67. The zero-order chi connectivity index (χ0) is 12.0. The second-order valence-corrected chi connectivity index (χ2v) is 4.70. The summed E-state index contributed by atoms with van der Waals surface area (Å²) in [5.41, 5.74) is 9.93. The smallest absolute Gasteiger partial charge is 0.233 e. The molecular weight excluding hydrogens is 222 g/mol. The van der Waals surface area contributed by atoms with Crippen LogP contribution in [-0.4, -0.2) is 11.7 Å². The molecule has 0 aliphatic rings. The van der Waals surface area contributed by atoms with Gasteiger partial charge >= 0.3 is 0 Å². The van der Waals surface area contributed by atoms with Crippen LogP contribution in [0, 0.1) is 6.92 Å². The van der Waals surface area contributed by atoms with E-state index in [1.165, 1.54) is 5.56 Å². The molecule has 0 spiro atoms. The number of carbonyl (C=O) groups is 1. The first kappa shape index (κ1) is 12.9. The molecule has 1 aromatic carbocycles. The van der Waals surface area contributed by atoms with Crippen molar-refractivity contribution in [2.75, 3.05) is 11.5 Å². The van der Waals surface area contributed by atoms with Gasteiger partial charge in [-0.15, -0.1) is 11.8 Å². The van der Waals surface area contributed by atoms with Crippen molar-refractivity contribution < 1.29 is 4.79 Å². The number of hydrogen-bond donors (Lipinski definition) is 3. The topological polar surface area (TPSA) is 81.1 Å². The fraction of sp³-hybridized carbons (Fsp3) is 0.364. The maximum Gasteiger partial charge on any atom is 0.233 e. The van der Waals surface area contributed by atoms with Gasteiger partial charge in [-0.25, -0.2) is 5.84 Å². The van der Waals surface area contributed by atoms with Gasteiger partial charge in [0.05, 0.1) is 0 Å². The summed E-state index contributed by atoms with van der Waals surface area (Å²) in [7, 11) is 0. The number of hydrazine groups is 1. The highest BCUT2D eigenvalue weighted by Crippen LogP contribution is 2.26. The molecule has 0 fully saturated rings. The van der Waals surface area contributed by atoms with Crippen molar-refractivity contribution in [2.45, 2.75) is 24.7 Å². The molecule has 1 rings (SSSR count). The standard InChI is InChI=1S/C11H17N3OS/c1-8-4-5-9(12)10(7-8)16-6-2-3-11(15)14-13/h4-5,7H,2-3,6,12-13H2,1H3,(H,14,15). The lowest BCUT2D eigenvalue weighted by molar-refractivity contribution is -0.121. The normalized spacial score (nSPS) is 10.1. The van der Waals surface area contributed by atoms with Crippen molar-refractivity contribution in [3.63, 3.8) is 0 Å². The number of nitrogens with two attached hydrogens (primary N) is 2. The van der Waals surface area contributed by atoms with Crippen LogP contribution in [0.2, 0.25) is 0 Å². The Bertz CT molecular complexity index is 368. The van der Waals surface area contributed by atoms with Gasteiger partial charge < -0.3 is 5.73 Å². The Balaban J connectivity index is 2.37. The van der Waals surface area contributed by atoms with Crippen molar-refractivity contribution in [2.24, 2.45) is 5.84 Å². The first-order valence-electron chi connectivity index (χ1n) is 5.12. The number of aryl methyl sites for hydroxylation is 1. The Morgan fingerprint density at radius 1 is 1.50 bits per heavy atom. The number of anilines is 1. The van der Waals surface area contributed by atoms with E-state index in [2.05, 4.69) is 11.5 Å². The number of nitrogens with one attached hydrogen (secondary N) is 1. The molecular formula is C11H17N3OS. The number of amides is 1. The zero-order valence-corrected chi connectivity index (χ0v) is 10.1. The van der Waals surface area contributed by atoms with Crippen LogP contribution < -0.4 is 17.0 Å². The third-order valence-corrected chi connectivity index (χ3v) is 3.29. The Morgan fingerprint density at radius 2 is 2.25 bits per heavy atom. The van der Waals surface area contributed by atoms with E-state index in [1.807, 2.05) is 19.1 Å². The molecule has 0 unspecified atom stereocenters. The van der Waals surface area contributed by atoms with Crippen LogP contribution in [0.3, 0.4) is 0 Å². The minimum atomic E-state index is -0.127. The number of carbonyl (C=O) groups excluding carboxylic acids is 1. The van der Waals surface area contributed by atoms with Gasteiger partial charge in [0.25, 0.3) is 0 Å². The molecule has 0 radical (unpaired) electrons. The molecule has 0 heterocycles. The largest absolute Gasteiger partial charge is 0.398 e. The van der Waals surface area contributed by atoms with E-state index < -0.39 is 0 Å². The van der Waals surface area contributed by atoms with Gasteiger partial charge in [0.1, 0.15) is 0 Å². The maximum atomic E-state index is 10.9. The Labute approximate surface area is 99.7 Å². The molecule has 4 nitrogen and oxygen atoms in total. The summed E-state index contributed by atoms with van der Waals surface area (Å²) in [5, 5.41) is 0. The van der Waals surface area contributed by atoms with Crippen molar-refractivity contribution >= 4 is 23.4 Å². The van der Waals surface area contributed by atoms with Crippen LogP contribution in [0.1, 0.15) is 18.4 Å². The highest BCUT2D eigenvalue weighted by molar-refractivity contribution is 7.99. The molecule has 0 atom stereocenters. The number of hydrogen-bond acceptors (Lipinski definition) is 4. The fourth-order valence-corrected chi connectivity index (χ4v) is 2.27. The van der Waals surface area contributed by atoms with E-state index in [9.17, 15) is 4.79 Å². The summed E-state index contributed by atoms with van der Waals surface area (Å²) in [5.74, 6) is 5.72. The average molecular weight is 239 g/mol. The fourth-order valence-electron chi connectivity index (χ4n) is 1.25. The van der Waals surface area contributed by atoms with Crippen molar-refractivity contribution in [3.05, 3.63) is 23.8 Å². The summed E-state index contributed by atoms with van der Waals surface area (Å²) in [6.45, 7) is 2.03. The van der Waals surface area contributed by atoms with E-state index in [4.69, 9.17) is 11.6 Å². The van der Waals surface area contributed by atoms with Crippen molar-refractivity contribution in [3.8, 4) is 0 Å². The van der Waals surface area contributed by atoms with Crippen LogP contribution >= 0.6 is 11.8 Å². The second-order valence-electron chi connectivity index (χ2n) is 3.56. The number of rotatable bonds is 5. The first-order chi connectivity index (χ1) is 7.63. The summed E-state index contributed by atoms with van der Waals surface area (Å²) < 4.78 is 0. The molecule has 5 N–H and O–H groups in total. The molecule has 0 aromatic heterocycles. The van der Waals surface area contributed by atoms with E-state index in [-0.39, 0.29) is 5.91 Å². The molecule has 5 heteroatoms. The molecule has 88 valence electrons. The lowest BCUT2D eigenvalue weighted by Gasteiger charge is -2.06. The highest BCUT2D eigenvalue weighted by atomic mass is 32.2. The van der Waals surface area contributed by atoms with Crippen LogP contribution in [0.15, 0.2) is 23.1 Å². The quantitative estimate of drug-likeness (QED) is 0.181. The summed E-state index contributed by atoms with van der Waals surface area (Å²) in [6, 6.07) is 5.95. The van der Waals surface area contributed by atoms with Crippen LogP contribution in [0.4, 0.5) is 5.69 Å². The SMILES string of the molecule is Cc1ccc(N)c(SCCCC(=O)NN)c1. The van der Waals surface area contributed by atoms with Gasteiger partial charge in [0.2, 0.25) is 5.91 Å². The number of nitrogen functional groups attached to an aromatic ring is 1. The molecule has 0 aliphatic carbocycles. The zero-order valence-electron chi connectivity index (χ0n) is 9.32. The van der Waals surface area contributed by atoms with E-state index in [1.54, 1.807) is 11.8 Å². The first-order valence-corrected chi connectivity index (χ1v) is 6.10. The number of thioether (sulfide) groups is 1. The summed E-state index contributed by atoms with van der Waals surface area (Å²) in [6.07, 6.45) is 1.25. The van der Waals surface area contributed by atoms with E-state index in [0.717, 1.165) is 22.8 Å².